The minimum atomic E-state index is -0.233. The smallest absolute Gasteiger partial charge is 0.257 e. The Morgan fingerprint density at radius 3 is 2.62 bits per heavy atom. The normalized spacial score (nSPS) is 10.8. The summed E-state index contributed by atoms with van der Waals surface area (Å²) in [6, 6.07) is 19.3. The molecule has 0 spiro atoms. The molecule has 0 aliphatic rings. The fourth-order valence-electron chi connectivity index (χ4n) is 3.17. The van der Waals surface area contributed by atoms with E-state index < -0.39 is 0 Å². The zero-order chi connectivity index (χ0) is 20.4. The van der Waals surface area contributed by atoms with E-state index in [0.717, 1.165) is 22.5 Å². The second kappa shape index (κ2) is 7.86. The zero-order valence-electron chi connectivity index (χ0n) is 16.0. The first-order valence-corrected chi connectivity index (χ1v) is 10.0. The van der Waals surface area contributed by atoms with E-state index in [1.165, 1.54) is 11.8 Å². The molecular weight excluding hydrogens is 384 g/mol. The van der Waals surface area contributed by atoms with Crippen molar-refractivity contribution in [2.75, 3.05) is 11.1 Å². The molecule has 0 aliphatic heterocycles. The lowest BCUT2D eigenvalue weighted by atomic mass is 10.2. The molecule has 2 aromatic carbocycles. The van der Waals surface area contributed by atoms with Gasteiger partial charge in [-0.05, 0) is 43.7 Å². The van der Waals surface area contributed by atoms with Crippen LogP contribution in [0.3, 0.4) is 0 Å². The molecule has 0 atom stereocenters. The lowest BCUT2D eigenvalue weighted by molar-refractivity contribution is -0.113. The Morgan fingerprint density at radius 1 is 1.17 bits per heavy atom. The summed E-state index contributed by atoms with van der Waals surface area (Å²) in [7, 11) is 0. The third-order valence-electron chi connectivity index (χ3n) is 4.70. The predicted octanol–water partition coefficient (Wildman–Crippen LogP) is 4.84. The second-order valence-electron chi connectivity index (χ2n) is 6.50. The highest BCUT2D eigenvalue weighted by Gasteiger charge is 2.21. The number of anilines is 1. The van der Waals surface area contributed by atoms with Gasteiger partial charge >= 0.3 is 0 Å². The van der Waals surface area contributed by atoms with Gasteiger partial charge in [-0.15, -0.1) is 0 Å². The maximum atomic E-state index is 12.6. The average molecular weight is 402 g/mol. The number of fused-ring (bicyclic) bond motifs is 1. The third kappa shape index (κ3) is 3.62. The summed E-state index contributed by atoms with van der Waals surface area (Å²) >= 11 is 1.22. The summed E-state index contributed by atoms with van der Waals surface area (Å²) in [5.74, 6) is 0.371. The Kier molecular flexibility index (Phi) is 5.10. The van der Waals surface area contributed by atoms with E-state index in [2.05, 4.69) is 16.4 Å². The standard InChI is InChI=1S/C22H18N4O2S/c1-14-15(2)26(16-8-4-3-5-9-16)21(17(14)12-23)25-20(27)13-29-22-24-18-10-6-7-11-19(18)28-22/h3-11H,13H2,1-2H3,(H,25,27). The first kappa shape index (κ1) is 18.8. The number of amides is 1. The molecule has 29 heavy (non-hydrogen) atoms. The van der Waals surface area contributed by atoms with Crippen molar-refractivity contribution in [3.63, 3.8) is 0 Å². The van der Waals surface area contributed by atoms with Crippen LogP contribution in [0, 0.1) is 25.2 Å². The third-order valence-corrected chi connectivity index (χ3v) is 5.53. The molecular formula is C22H18N4O2S. The highest BCUT2D eigenvalue weighted by molar-refractivity contribution is 7.99. The van der Waals surface area contributed by atoms with E-state index in [4.69, 9.17) is 4.42 Å². The number of oxazole rings is 1. The van der Waals surface area contributed by atoms with E-state index in [0.29, 0.717) is 22.2 Å². The summed E-state index contributed by atoms with van der Waals surface area (Å²) in [6.07, 6.45) is 0. The number of nitrogens with one attached hydrogen (secondary N) is 1. The number of para-hydroxylation sites is 3. The number of carbonyl (C=O) groups is 1. The van der Waals surface area contributed by atoms with Crippen LogP contribution in [0.4, 0.5) is 5.82 Å². The predicted molar refractivity (Wildman–Crippen MR) is 113 cm³/mol. The van der Waals surface area contributed by atoms with Gasteiger partial charge in [0.05, 0.1) is 11.3 Å². The second-order valence-corrected chi connectivity index (χ2v) is 7.43. The van der Waals surface area contributed by atoms with Crippen molar-refractivity contribution < 1.29 is 9.21 Å². The van der Waals surface area contributed by atoms with Crippen LogP contribution in [0.1, 0.15) is 16.8 Å². The molecule has 4 rings (SSSR count). The number of hydrogen-bond donors (Lipinski definition) is 1. The fraction of sp³-hybridized carbons (Fsp3) is 0.136. The molecule has 0 radical (unpaired) electrons. The van der Waals surface area contributed by atoms with Gasteiger partial charge in [-0.1, -0.05) is 42.1 Å². The maximum absolute atomic E-state index is 12.6. The van der Waals surface area contributed by atoms with Crippen LogP contribution in [0.5, 0.6) is 0 Å². The lowest BCUT2D eigenvalue weighted by Crippen LogP contribution is -2.17. The minimum Gasteiger partial charge on any atom is -0.431 e. The van der Waals surface area contributed by atoms with Gasteiger partial charge in [0.25, 0.3) is 5.22 Å². The first-order valence-electron chi connectivity index (χ1n) is 9.04. The number of nitrogens with zero attached hydrogens (tertiary/aromatic N) is 3. The van der Waals surface area contributed by atoms with Gasteiger partial charge in [0.1, 0.15) is 17.4 Å². The highest BCUT2D eigenvalue weighted by atomic mass is 32.2. The van der Waals surface area contributed by atoms with Gasteiger partial charge in [0, 0.05) is 11.4 Å². The maximum Gasteiger partial charge on any atom is 0.257 e. The number of aromatic nitrogens is 2. The largest absolute Gasteiger partial charge is 0.431 e. The molecule has 144 valence electrons. The van der Waals surface area contributed by atoms with Crippen molar-refractivity contribution in [2.24, 2.45) is 0 Å². The molecule has 0 saturated heterocycles. The number of nitriles is 1. The Labute approximate surface area is 172 Å². The van der Waals surface area contributed by atoms with Gasteiger partial charge in [-0.25, -0.2) is 4.98 Å². The summed E-state index contributed by atoms with van der Waals surface area (Å²) < 4.78 is 7.54. The summed E-state index contributed by atoms with van der Waals surface area (Å²) in [5, 5.41) is 13.0. The Bertz CT molecular complexity index is 1200. The molecule has 2 heterocycles. The lowest BCUT2D eigenvalue weighted by Gasteiger charge is -2.12. The molecule has 1 amide bonds. The number of rotatable bonds is 5. The van der Waals surface area contributed by atoms with Gasteiger partial charge in [0.15, 0.2) is 5.58 Å². The molecule has 0 bridgehead atoms. The van der Waals surface area contributed by atoms with E-state index in [1.807, 2.05) is 73.0 Å². The van der Waals surface area contributed by atoms with Gasteiger partial charge in [0.2, 0.25) is 5.91 Å². The van der Waals surface area contributed by atoms with Gasteiger partial charge < -0.3 is 9.73 Å². The van der Waals surface area contributed by atoms with Gasteiger partial charge in [-0.2, -0.15) is 5.26 Å². The van der Waals surface area contributed by atoms with E-state index >= 15 is 0 Å². The van der Waals surface area contributed by atoms with Crippen molar-refractivity contribution in [1.82, 2.24) is 9.55 Å². The van der Waals surface area contributed by atoms with Crippen LogP contribution >= 0.6 is 11.8 Å². The van der Waals surface area contributed by atoms with Crippen LogP contribution in [0.2, 0.25) is 0 Å². The topological polar surface area (TPSA) is 83.8 Å². The molecule has 1 N–H and O–H groups in total. The van der Waals surface area contributed by atoms with Crippen molar-refractivity contribution in [1.29, 1.82) is 5.26 Å². The van der Waals surface area contributed by atoms with Crippen LogP contribution < -0.4 is 5.32 Å². The van der Waals surface area contributed by atoms with Crippen LogP contribution in [-0.2, 0) is 4.79 Å². The molecule has 4 aromatic rings. The molecule has 0 fully saturated rings. The van der Waals surface area contributed by atoms with Crippen LogP contribution in [0.15, 0.2) is 64.2 Å². The van der Waals surface area contributed by atoms with Crippen molar-refractivity contribution in [2.45, 2.75) is 19.1 Å². The Hall–Kier alpha value is -3.50. The van der Waals surface area contributed by atoms with Gasteiger partial charge in [-0.3, -0.25) is 9.36 Å². The average Bonchev–Trinajstić information content (AvgIpc) is 3.25. The molecule has 0 saturated carbocycles. The summed E-state index contributed by atoms with van der Waals surface area (Å²) in [5.41, 5.74) is 4.55. The Balaban J connectivity index is 1.57. The molecule has 6 nitrogen and oxygen atoms in total. The number of benzene rings is 2. The van der Waals surface area contributed by atoms with Crippen molar-refractivity contribution in [3.8, 4) is 11.8 Å². The quantitative estimate of drug-likeness (QED) is 0.483. The van der Waals surface area contributed by atoms with E-state index in [9.17, 15) is 10.1 Å². The number of carbonyl (C=O) groups excluding carboxylic acids is 1. The molecule has 7 heteroatoms. The van der Waals surface area contributed by atoms with Crippen molar-refractivity contribution in [3.05, 3.63) is 71.4 Å². The summed E-state index contributed by atoms with van der Waals surface area (Å²) in [4.78, 5) is 17.0. The van der Waals surface area contributed by atoms with E-state index in [1.54, 1.807) is 0 Å². The monoisotopic (exact) mass is 402 g/mol. The molecule has 0 aliphatic carbocycles. The van der Waals surface area contributed by atoms with E-state index in [-0.39, 0.29) is 11.7 Å². The number of hydrogen-bond acceptors (Lipinski definition) is 5. The first-order chi connectivity index (χ1) is 14.1. The zero-order valence-corrected chi connectivity index (χ0v) is 16.8. The minimum absolute atomic E-state index is 0.121. The Morgan fingerprint density at radius 2 is 1.90 bits per heavy atom. The fourth-order valence-corrected chi connectivity index (χ4v) is 3.81. The SMILES string of the molecule is Cc1c(C#N)c(NC(=O)CSc2nc3ccccc3o2)n(-c2ccccc2)c1C. The van der Waals surface area contributed by atoms with Crippen LogP contribution in [0.25, 0.3) is 16.8 Å². The summed E-state index contributed by atoms with van der Waals surface area (Å²) in [6.45, 7) is 3.82. The van der Waals surface area contributed by atoms with Crippen molar-refractivity contribution >= 4 is 34.6 Å². The molecule has 2 aromatic heterocycles. The number of thioether (sulfide) groups is 1. The molecule has 0 unspecified atom stereocenters. The highest BCUT2D eigenvalue weighted by Crippen LogP contribution is 2.30. The van der Waals surface area contributed by atoms with Crippen LogP contribution in [-0.4, -0.2) is 21.2 Å².